The summed E-state index contributed by atoms with van der Waals surface area (Å²) in [7, 11) is 0. The maximum absolute atomic E-state index is 13.0. The van der Waals surface area contributed by atoms with Crippen LogP contribution in [0.4, 0.5) is 0 Å². The summed E-state index contributed by atoms with van der Waals surface area (Å²) in [6, 6.07) is 20.0. The zero-order valence-corrected chi connectivity index (χ0v) is 19.2. The van der Waals surface area contributed by atoms with Crippen molar-refractivity contribution in [3.63, 3.8) is 0 Å². The molecule has 3 heterocycles. The van der Waals surface area contributed by atoms with E-state index < -0.39 is 0 Å². The Morgan fingerprint density at radius 2 is 1.85 bits per heavy atom. The Hall–Kier alpha value is -4.04. The van der Waals surface area contributed by atoms with Crippen LogP contribution in [0.2, 0.25) is 0 Å². The normalized spacial score (nSPS) is 11.5. The van der Waals surface area contributed by atoms with Crippen molar-refractivity contribution in [3.8, 4) is 0 Å². The van der Waals surface area contributed by atoms with Crippen molar-refractivity contribution in [2.75, 3.05) is 0 Å². The smallest absolute Gasteiger partial charge is 0.252 e. The van der Waals surface area contributed by atoms with E-state index in [4.69, 9.17) is 4.42 Å². The molecular formula is C26H26N6O2. The summed E-state index contributed by atoms with van der Waals surface area (Å²) in [5.74, 6) is 1.53. The van der Waals surface area contributed by atoms with Gasteiger partial charge in [0.2, 0.25) is 0 Å². The highest BCUT2D eigenvalue weighted by Gasteiger charge is 2.17. The number of aromatic amines is 1. The molecule has 0 unspecified atom stereocenters. The molecule has 0 saturated heterocycles. The van der Waals surface area contributed by atoms with E-state index in [9.17, 15) is 4.79 Å². The van der Waals surface area contributed by atoms with E-state index in [0.29, 0.717) is 31.7 Å². The van der Waals surface area contributed by atoms with Gasteiger partial charge >= 0.3 is 0 Å². The van der Waals surface area contributed by atoms with Gasteiger partial charge < -0.3 is 9.40 Å². The number of nitrogens with zero attached hydrogens (tertiary/aromatic N) is 5. The van der Waals surface area contributed by atoms with Gasteiger partial charge in [-0.05, 0) is 65.2 Å². The molecule has 8 nitrogen and oxygen atoms in total. The zero-order valence-electron chi connectivity index (χ0n) is 19.2. The largest absolute Gasteiger partial charge is 0.468 e. The molecule has 0 bridgehead atoms. The second-order valence-electron chi connectivity index (χ2n) is 8.63. The molecule has 172 valence electrons. The summed E-state index contributed by atoms with van der Waals surface area (Å²) < 4.78 is 7.39. The van der Waals surface area contributed by atoms with E-state index in [1.807, 2.05) is 61.5 Å². The van der Waals surface area contributed by atoms with Crippen LogP contribution in [-0.2, 0) is 26.2 Å². The van der Waals surface area contributed by atoms with Gasteiger partial charge in [-0.1, -0.05) is 36.4 Å². The first-order valence-corrected chi connectivity index (χ1v) is 11.2. The molecule has 0 saturated carbocycles. The summed E-state index contributed by atoms with van der Waals surface area (Å²) >= 11 is 0. The maximum atomic E-state index is 13.0. The summed E-state index contributed by atoms with van der Waals surface area (Å²) in [5, 5.41) is 13.4. The van der Waals surface area contributed by atoms with Crippen molar-refractivity contribution in [2.45, 2.75) is 40.0 Å². The lowest BCUT2D eigenvalue weighted by Gasteiger charge is -2.21. The zero-order chi connectivity index (χ0) is 23.5. The molecule has 2 aromatic carbocycles. The molecule has 34 heavy (non-hydrogen) atoms. The number of hydrogen-bond donors (Lipinski definition) is 1. The number of fused-ring (bicyclic) bond motifs is 1. The number of pyridine rings is 1. The SMILES string of the molecule is Cc1cc(C)c2cc(CN(Cc3ccco3)Cc3nnnn3Cc3ccccc3)c(=O)[nH]c2c1. The molecule has 5 aromatic rings. The van der Waals surface area contributed by atoms with Crippen molar-refractivity contribution >= 4 is 10.9 Å². The number of hydrogen-bond acceptors (Lipinski definition) is 6. The van der Waals surface area contributed by atoms with Gasteiger partial charge in [-0.3, -0.25) is 9.69 Å². The van der Waals surface area contributed by atoms with Crippen molar-refractivity contribution < 1.29 is 4.42 Å². The molecule has 0 aliphatic carbocycles. The number of aryl methyl sites for hydroxylation is 2. The number of benzene rings is 2. The summed E-state index contributed by atoms with van der Waals surface area (Å²) in [6.07, 6.45) is 1.65. The van der Waals surface area contributed by atoms with E-state index in [1.54, 1.807) is 10.9 Å². The lowest BCUT2D eigenvalue weighted by Crippen LogP contribution is -2.28. The molecule has 0 radical (unpaired) electrons. The first kappa shape index (κ1) is 21.8. The Balaban J connectivity index is 1.44. The van der Waals surface area contributed by atoms with Crippen LogP contribution in [0.15, 0.2) is 76.1 Å². The van der Waals surface area contributed by atoms with Gasteiger partial charge in [0, 0.05) is 23.0 Å². The summed E-state index contributed by atoms with van der Waals surface area (Å²) in [6.45, 7) is 6.09. The first-order chi connectivity index (χ1) is 16.5. The van der Waals surface area contributed by atoms with E-state index in [2.05, 4.69) is 38.4 Å². The molecule has 8 heteroatoms. The highest BCUT2D eigenvalue weighted by Crippen LogP contribution is 2.20. The highest BCUT2D eigenvalue weighted by molar-refractivity contribution is 5.83. The van der Waals surface area contributed by atoms with Crippen LogP contribution < -0.4 is 5.56 Å². The Bertz CT molecular complexity index is 1450. The second-order valence-corrected chi connectivity index (χ2v) is 8.63. The van der Waals surface area contributed by atoms with Gasteiger partial charge in [-0.25, -0.2) is 4.68 Å². The van der Waals surface area contributed by atoms with Crippen LogP contribution in [0, 0.1) is 13.8 Å². The van der Waals surface area contributed by atoms with Crippen LogP contribution >= 0.6 is 0 Å². The molecule has 0 fully saturated rings. The average molecular weight is 455 g/mol. The summed E-state index contributed by atoms with van der Waals surface area (Å²) in [4.78, 5) is 18.1. The fourth-order valence-corrected chi connectivity index (χ4v) is 4.28. The molecule has 0 spiro atoms. The van der Waals surface area contributed by atoms with Gasteiger partial charge in [0.1, 0.15) is 5.76 Å². The Labute approximate surface area is 196 Å². The third kappa shape index (κ3) is 4.82. The van der Waals surface area contributed by atoms with Gasteiger partial charge in [-0.15, -0.1) is 5.10 Å². The quantitative estimate of drug-likeness (QED) is 0.381. The molecule has 0 amide bonds. The fourth-order valence-electron chi connectivity index (χ4n) is 4.28. The maximum Gasteiger partial charge on any atom is 0.252 e. The van der Waals surface area contributed by atoms with E-state index >= 15 is 0 Å². The van der Waals surface area contributed by atoms with Gasteiger partial charge in [0.05, 0.1) is 25.9 Å². The molecule has 1 N–H and O–H groups in total. The predicted octanol–water partition coefficient (Wildman–Crippen LogP) is 3.98. The van der Waals surface area contributed by atoms with Gasteiger partial charge in [0.15, 0.2) is 5.82 Å². The van der Waals surface area contributed by atoms with E-state index in [-0.39, 0.29) is 5.56 Å². The van der Waals surface area contributed by atoms with Crippen molar-refractivity contribution in [1.29, 1.82) is 0 Å². The van der Waals surface area contributed by atoms with Crippen molar-refractivity contribution in [2.24, 2.45) is 0 Å². The van der Waals surface area contributed by atoms with Crippen LogP contribution in [0.5, 0.6) is 0 Å². The minimum atomic E-state index is -0.0918. The average Bonchev–Trinajstić information content (AvgIpc) is 3.48. The second kappa shape index (κ2) is 9.44. The molecular weight excluding hydrogens is 428 g/mol. The number of nitrogens with one attached hydrogen (secondary N) is 1. The Morgan fingerprint density at radius 1 is 1.00 bits per heavy atom. The lowest BCUT2D eigenvalue weighted by atomic mass is 10.0. The number of H-pyrrole nitrogens is 1. The number of tetrazole rings is 1. The van der Waals surface area contributed by atoms with Crippen LogP contribution in [0.1, 0.15) is 33.8 Å². The van der Waals surface area contributed by atoms with Gasteiger partial charge in [0.25, 0.3) is 5.56 Å². The monoisotopic (exact) mass is 454 g/mol. The fraction of sp³-hybridized carbons (Fsp3) is 0.231. The first-order valence-electron chi connectivity index (χ1n) is 11.2. The molecule has 0 aliphatic rings. The predicted molar refractivity (Wildman–Crippen MR) is 129 cm³/mol. The standard InChI is InChI=1S/C26H26N6O2/c1-18-11-19(2)23-13-21(26(33)27-24(23)12-18)15-31(16-22-9-6-10-34-22)17-25-28-29-30-32(25)14-20-7-4-3-5-8-20/h3-13H,14-17H2,1-2H3,(H,27,33). The number of rotatable bonds is 8. The molecule has 0 aliphatic heterocycles. The Kier molecular flexibility index (Phi) is 6.05. The molecule has 3 aromatic heterocycles. The minimum Gasteiger partial charge on any atom is -0.468 e. The van der Waals surface area contributed by atoms with Gasteiger partial charge in [-0.2, -0.15) is 0 Å². The third-order valence-electron chi connectivity index (χ3n) is 5.89. The van der Waals surface area contributed by atoms with E-state index in [0.717, 1.165) is 39.2 Å². The van der Waals surface area contributed by atoms with E-state index in [1.165, 1.54) is 0 Å². The number of aromatic nitrogens is 5. The highest BCUT2D eigenvalue weighted by atomic mass is 16.3. The lowest BCUT2D eigenvalue weighted by molar-refractivity contribution is 0.217. The number of furan rings is 1. The van der Waals surface area contributed by atoms with Crippen molar-refractivity contribution in [1.82, 2.24) is 30.1 Å². The summed E-state index contributed by atoms with van der Waals surface area (Å²) in [5.41, 5.74) is 4.83. The molecule has 5 rings (SSSR count). The van der Waals surface area contributed by atoms with Crippen LogP contribution in [0.25, 0.3) is 10.9 Å². The van der Waals surface area contributed by atoms with Crippen LogP contribution in [0.3, 0.4) is 0 Å². The third-order valence-corrected chi connectivity index (χ3v) is 5.89. The van der Waals surface area contributed by atoms with Crippen molar-refractivity contribution in [3.05, 3.63) is 111 Å². The van der Waals surface area contributed by atoms with Crippen LogP contribution in [-0.4, -0.2) is 30.1 Å². The molecule has 0 atom stereocenters. The topological polar surface area (TPSA) is 92.8 Å². The Morgan fingerprint density at radius 3 is 2.65 bits per heavy atom. The minimum absolute atomic E-state index is 0.0918.